The summed E-state index contributed by atoms with van der Waals surface area (Å²) >= 11 is 0. The van der Waals surface area contributed by atoms with Gasteiger partial charge in [-0.3, -0.25) is 9.59 Å². The van der Waals surface area contributed by atoms with Crippen LogP contribution in [-0.2, 0) is 9.63 Å². The summed E-state index contributed by atoms with van der Waals surface area (Å²) in [6.45, 7) is -0.354. The Kier molecular flexibility index (Phi) is 7.15. The van der Waals surface area contributed by atoms with Crippen LogP contribution in [-0.4, -0.2) is 36.3 Å². The van der Waals surface area contributed by atoms with Crippen molar-refractivity contribution in [2.45, 2.75) is 0 Å². The average Bonchev–Trinajstić information content (AvgIpc) is 2.80. The molecule has 0 radical (unpaired) electrons. The maximum Gasteiger partial charge on any atom is 0.265 e. The number of hydrogen-bond acceptors (Lipinski definition) is 6. The fourth-order valence-corrected chi connectivity index (χ4v) is 2.52. The summed E-state index contributed by atoms with van der Waals surface area (Å²) in [6.07, 6.45) is 1.57. The van der Waals surface area contributed by atoms with Crippen molar-refractivity contribution in [2.24, 2.45) is 10.9 Å². The van der Waals surface area contributed by atoms with Crippen LogP contribution < -0.4 is 21.1 Å². The number of aromatic nitrogens is 1. The molecule has 1 aromatic heterocycles. The van der Waals surface area contributed by atoms with Gasteiger partial charge in [0.1, 0.15) is 5.75 Å². The molecule has 0 aliphatic heterocycles. The maximum atomic E-state index is 12.1. The van der Waals surface area contributed by atoms with E-state index >= 15 is 0 Å². The molecule has 0 spiro atoms. The highest BCUT2D eigenvalue weighted by Gasteiger charge is 2.11. The lowest BCUT2D eigenvalue weighted by Crippen LogP contribution is -2.20. The van der Waals surface area contributed by atoms with Crippen LogP contribution in [0.5, 0.6) is 11.6 Å². The second kappa shape index (κ2) is 10.4. The predicted molar refractivity (Wildman–Crippen MR) is 116 cm³/mol. The van der Waals surface area contributed by atoms with Crippen molar-refractivity contribution < 1.29 is 19.2 Å². The first-order valence-electron chi connectivity index (χ1n) is 9.32. The Morgan fingerprint density at radius 3 is 2.48 bits per heavy atom. The van der Waals surface area contributed by atoms with Crippen molar-refractivity contribution in [3.05, 3.63) is 84.1 Å². The zero-order chi connectivity index (χ0) is 22.1. The number of carbonyl (C=O) groups excluding carboxylic acids is 2. The predicted octanol–water partition coefficient (Wildman–Crippen LogP) is 2.51. The molecule has 0 atom stereocenters. The lowest BCUT2D eigenvalue weighted by molar-refractivity contribution is -0.120. The summed E-state index contributed by atoms with van der Waals surface area (Å²) in [4.78, 5) is 32.8. The number of oxime groups is 1. The molecule has 9 nitrogen and oxygen atoms in total. The number of benzene rings is 2. The topological polar surface area (TPSA) is 128 Å². The van der Waals surface area contributed by atoms with Gasteiger partial charge in [0.25, 0.3) is 11.8 Å². The minimum atomic E-state index is -0.434. The van der Waals surface area contributed by atoms with Crippen molar-refractivity contribution in [3.63, 3.8) is 0 Å². The molecule has 0 unspecified atom stereocenters. The zero-order valence-electron chi connectivity index (χ0n) is 16.7. The van der Waals surface area contributed by atoms with E-state index in [4.69, 9.17) is 15.3 Å². The fraction of sp³-hybridized carbons (Fsp3) is 0.0909. The number of hydrogen-bond donors (Lipinski definition) is 3. The van der Waals surface area contributed by atoms with E-state index in [-0.39, 0.29) is 24.2 Å². The van der Waals surface area contributed by atoms with Crippen LogP contribution in [0.25, 0.3) is 0 Å². The molecular formula is C22H21N5O4. The third-order valence-corrected chi connectivity index (χ3v) is 4.02. The van der Waals surface area contributed by atoms with Gasteiger partial charge in [0.15, 0.2) is 12.4 Å². The number of nitrogens with zero attached hydrogens (tertiary/aromatic N) is 2. The number of carbonyl (C=O) groups is 2. The van der Waals surface area contributed by atoms with Crippen molar-refractivity contribution in [3.8, 4) is 11.6 Å². The normalized spacial score (nSPS) is 10.8. The molecule has 4 N–H and O–H groups in total. The van der Waals surface area contributed by atoms with Crippen molar-refractivity contribution in [2.75, 3.05) is 19.0 Å². The Morgan fingerprint density at radius 1 is 1.03 bits per heavy atom. The Hall–Kier alpha value is -4.40. The van der Waals surface area contributed by atoms with Crippen molar-refractivity contribution in [1.29, 1.82) is 0 Å². The number of amides is 2. The number of anilines is 1. The van der Waals surface area contributed by atoms with E-state index < -0.39 is 5.91 Å². The molecule has 2 aromatic carbocycles. The lowest BCUT2D eigenvalue weighted by Gasteiger charge is -2.09. The summed E-state index contributed by atoms with van der Waals surface area (Å²) in [5, 5.41) is 8.95. The second-order valence-corrected chi connectivity index (χ2v) is 6.23. The molecule has 0 aliphatic carbocycles. The Labute approximate surface area is 178 Å². The van der Waals surface area contributed by atoms with Crippen LogP contribution in [0.15, 0.2) is 78.1 Å². The van der Waals surface area contributed by atoms with Gasteiger partial charge < -0.3 is 25.9 Å². The van der Waals surface area contributed by atoms with Crippen LogP contribution in [0.1, 0.15) is 15.9 Å². The number of nitrogens with one attached hydrogen (secondary N) is 2. The molecular weight excluding hydrogens is 398 g/mol. The van der Waals surface area contributed by atoms with Gasteiger partial charge in [-0.05, 0) is 48.5 Å². The number of rotatable bonds is 8. The Morgan fingerprint density at radius 2 is 1.77 bits per heavy atom. The largest absolute Gasteiger partial charge is 0.438 e. The minimum Gasteiger partial charge on any atom is -0.438 e. The molecule has 158 valence electrons. The number of para-hydroxylation sites is 1. The second-order valence-electron chi connectivity index (χ2n) is 6.23. The van der Waals surface area contributed by atoms with E-state index in [2.05, 4.69) is 20.8 Å². The first-order valence-corrected chi connectivity index (χ1v) is 9.32. The highest BCUT2D eigenvalue weighted by molar-refractivity contribution is 5.99. The highest BCUT2D eigenvalue weighted by atomic mass is 16.6. The summed E-state index contributed by atoms with van der Waals surface area (Å²) < 4.78 is 5.74. The first-order chi connectivity index (χ1) is 15.1. The van der Waals surface area contributed by atoms with Gasteiger partial charge in [0.05, 0.1) is 5.56 Å². The van der Waals surface area contributed by atoms with Crippen LogP contribution in [0, 0.1) is 0 Å². The lowest BCUT2D eigenvalue weighted by atomic mass is 10.2. The van der Waals surface area contributed by atoms with Crippen LogP contribution in [0.2, 0.25) is 0 Å². The van der Waals surface area contributed by atoms with Gasteiger partial charge in [0.2, 0.25) is 5.88 Å². The van der Waals surface area contributed by atoms with E-state index in [1.807, 2.05) is 18.2 Å². The first kappa shape index (κ1) is 21.3. The summed E-state index contributed by atoms with van der Waals surface area (Å²) in [6, 6.07) is 18.9. The monoisotopic (exact) mass is 419 g/mol. The van der Waals surface area contributed by atoms with Gasteiger partial charge in [-0.2, -0.15) is 0 Å². The minimum absolute atomic E-state index is 0.0155. The molecule has 0 fully saturated rings. The number of ether oxygens (including phenoxy) is 1. The van der Waals surface area contributed by atoms with Crippen molar-refractivity contribution in [1.82, 2.24) is 10.3 Å². The van der Waals surface area contributed by atoms with E-state index in [0.717, 1.165) is 0 Å². The van der Waals surface area contributed by atoms with Crippen molar-refractivity contribution >= 4 is 23.3 Å². The van der Waals surface area contributed by atoms with E-state index in [1.54, 1.807) is 61.8 Å². The standard InChI is InChI=1S/C22H21N5O4/c1-24-21(29)15-9-11-16(12-10-15)26-19(28)14-30-27-20(23)18-8-5-13-25-22(18)31-17-6-3-2-4-7-17/h2-13H,14H2,1H3,(H2,23,27)(H,24,29)(H,26,28). The summed E-state index contributed by atoms with van der Waals surface area (Å²) in [5.41, 5.74) is 7.41. The average molecular weight is 419 g/mol. The highest BCUT2D eigenvalue weighted by Crippen LogP contribution is 2.22. The zero-order valence-corrected chi connectivity index (χ0v) is 16.7. The summed E-state index contributed by atoms with van der Waals surface area (Å²) in [5.74, 6) is 0.229. The van der Waals surface area contributed by atoms with E-state index in [9.17, 15) is 9.59 Å². The number of amidine groups is 1. The molecule has 0 saturated heterocycles. The van der Waals surface area contributed by atoms with Gasteiger partial charge in [-0.15, -0.1) is 0 Å². The van der Waals surface area contributed by atoms with Gasteiger partial charge >= 0.3 is 0 Å². The quantitative estimate of drug-likeness (QED) is 0.292. The maximum absolute atomic E-state index is 12.1. The SMILES string of the molecule is CNC(=O)c1ccc(NC(=O)CO/N=C(/N)c2cccnc2Oc2ccccc2)cc1. The van der Waals surface area contributed by atoms with Gasteiger partial charge in [-0.25, -0.2) is 4.98 Å². The van der Waals surface area contributed by atoms with E-state index in [1.165, 1.54) is 0 Å². The van der Waals surface area contributed by atoms with Gasteiger partial charge in [-0.1, -0.05) is 23.4 Å². The third kappa shape index (κ3) is 6.04. The molecule has 9 heteroatoms. The molecule has 3 rings (SSSR count). The van der Waals surface area contributed by atoms with Crippen LogP contribution in [0.3, 0.4) is 0 Å². The third-order valence-electron chi connectivity index (χ3n) is 4.02. The molecule has 0 aliphatic rings. The number of pyridine rings is 1. The molecule has 1 heterocycles. The molecule has 2 amide bonds. The molecule has 3 aromatic rings. The molecule has 0 bridgehead atoms. The fourth-order valence-electron chi connectivity index (χ4n) is 2.52. The van der Waals surface area contributed by atoms with E-state index in [0.29, 0.717) is 22.6 Å². The van der Waals surface area contributed by atoms with Crippen LogP contribution in [0.4, 0.5) is 5.69 Å². The number of nitrogens with two attached hydrogens (primary N) is 1. The van der Waals surface area contributed by atoms with Crippen LogP contribution >= 0.6 is 0 Å². The Balaban J connectivity index is 1.57. The van der Waals surface area contributed by atoms with Gasteiger partial charge in [0, 0.05) is 24.5 Å². The Bertz CT molecular complexity index is 1070. The molecule has 31 heavy (non-hydrogen) atoms. The summed E-state index contributed by atoms with van der Waals surface area (Å²) in [7, 11) is 1.55. The molecule has 0 saturated carbocycles. The smallest absolute Gasteiger partial charge is 0.265 e.